The van der Waals surface area contributed by atoms with Crippen molar-refractivity contribution >= 4 is 0 Å². The van der Waals surface area contributed by atoms with Crippen molar-refractivity contribution in [3.05, 3.63) is 35.9 Å². The molecule has 1 rings (SSSR count). The van der Waals surface area contributed by atoms with Gasteiger partial charge in [0.05, 0.1) is 12.6 Å². The molecule has 4 nitrogen and oxygen atoms in total. The Morgan fingerprint density at radius 1 is 1.22 bits per heavy atom. The lowest BCUT2D eigenvalue weighted by Gasteiger charge is -2.26. The van der Waals surface area contributed by atoms with Crippen LogP contribution in [-0.2, 0) is 9.47 Å². The van der Waals surface area contributed by atoms with Crippen LogP contribution >= 0.6 is 0 Å². The second-order valence-electron chi connectivity index (χ2n) is 4.13. The highest BCUT2D eigenvalue weighted by Gasteiger charge is 2.22. The van der Waals surface area contributed by atoms with Crippen LogP contribution in [0, 0.1) is 0 Å². The number of nitrogens with one attached hydrogen (secondary N) is 1. The van der Waals surface area contributed by atoms with Gasteiger partial charge in [-0.3, -0.25) is 11.3 Å². The first-order valence-electron chi connectivity index (χ1n) is 6.53. The van der Waals surface area contributed by atoms with E-state index >= 15 is 0 Å². The number of nitrogens with two attached hydrogens (primary N) is 1. The van der Waals surface area contributed by atoms with E-state index in [9.17, 15) is 0 Å². The summed E-state index contributed by atoms with van der Waals surface area (Å²) in [5.41, 5.74) is 3.91. The second-order valence-corrected chi connectivity index (χ2v) is 4.13. The summed E-state index contributed by atoms with van der Waals surface area (Å²) in [4.78, 5) is 0. The highest BCUT2D eigenvalue weighted by Crippen LogP contribution is 2.21. The minimum absolute atomic E-state index is 0.0427. The lowest BCUT2D eigenvalue weighted by atomic mass is 10.0. The van der Waals surface area contributed by atoms with Gasteiger partial charge in [0.1, 0.15) is 6.10 Å². The lowest BCUT2D eigenvalue weighted by molar-refractivity contribution is -0.00112. The molecule has 1 aromatic rings. The molecule has 0 saturated heterocycles. The summed E-state index contributed by atoms with van der Waals surface area (Å²) in [6.07, 6.45) is 0.917. The molecule has 1 aromatic carbocycles. The van der Waals surface area contributed by atoms with Gasteiger partial charge < -0.3 is 9.47 Å². The second kappa shape index (κ2) is 9.05. The summed E-state index contributed by atoms with van der Waals surface area (Å²) in [6, 6.07) is 10.0. The molecule has 0 amide bonds. The largest absolute Gasteiger partial charge is 0.380 e. The summed E-state index contributed by atoms with van der Waals surface area (Å²) in [7, 11) is 0. The standard InChI is InChI=1S/C14H24N2O2/c1-3-10-17-11-13(16-15)14(18-4-2)12-8-6-5-7-9-12/h5-9,13-14,16H,3-4,10-11,15H2,1-2H3. The third kappa shape index (κ3) is 4.74. The van der Waals surface area contributed by atoms with Crippen molar-refractivity contribution in [3.8, 4) is 0 Å². The van der Waals surface area contributed by atoms with Crippen LogP contribution in [0.1, 0.15) is 31.9 Å². The Balaban J connectivity index is 2.68. The Morgan fingerprint density at radius 3 is 2.50 bits per heavy atom. The van der Waals surface area contributed by atoms with Crippen molar-refractivity contribution < 1.29 is 9.47 Å². The molecule has 0 aliphatic heterocycles. The maximum absolute atomic E-state index is 5.79. The number of benzene rings is 1. The van der Waals surface area contributed by atoms with Crippen LogP contribution in [0.4, 0.5) is 0 Å². The van der Waals surface area contributed by atoms with Crippen molar-refractivity contribution in [1.29, 1.82) is 0 Å². The highest BCUT2D eigenvalue weighted by atomic mass is 16.5. The van der Waals surface area contributed by atoms with E-state index in [-0.39, 0.29) is 12.1 Å². The van der Waals surface area contributed by atoms with Crippen LogP contribution in [0.5, 0.6) is 0 Å². The molecule has 0 radical (unpaired) electrons. The zero-order chi connectivity index (χ0) is 13.2. The van der Waals surface area contributed by atoms with Crippen LogP contribution in [-0.4, -0.2) is 25.9 Å². The van der Waals surface area contributed by atoms with Crippen molar-refractivity contribution in [2.75, 3.05) is 19.8 Å². The zero-order valence-electron chi connectivity index (χ0n) is 11.3. The summed E-state index contributed by atoms with van der Waals surface area (Å²) >= 11 is 0. The SMILES string of the molecule is CCCOCC(NN)C(OCC)c1ccccc1. The number of ether oxygens (including phenoxy) is 2. The van der Waals surface area contributed by atoms with Gasteiger partial charge >= 0.3 is 0 Å². The molecule has 0 fully saturated rings. The molecular formula is C14H24N2O2. The van der Waals surface area contributed by atoms with Gasteiger partial charge in [0.15, 0.2) is 0 Å². The summed E-state index contributed by atoms with van der Waals surface area (Å²) in [6.45, 7) is 6.00. The van der Waals surface area contributed by atoms with Crippen molar-refractivity contribution in [2.45, 2.75) is 32.4 Å². The molecule has 3 N–H and O–H groups in total. The van der Waals surface area contributed by atoms with Crippen LogP contribution in [0.3, 0.4) is 0 Å². The van der Waals surface area contributed by atoms with Crippen LogP contribution in [0.25, 0.3) is 0 Å². The number of hydrogen-bond donors (Lipinski definition) is 2. The van der Waals surface area contributed by atoms with Crippen LogP contribution < -0.4 is 11.3 Å². The summed E-state index contributed by atoms with van der Waals surface area (Å²) in [5.74, 6) is 5.61. The molecule has 4 heteroatoms. The van der Waals surface area contributed by atoms with Gasteiger partial charge in [-0.05, 0) is 18.9 Å². The predicted molar refractivity (Wildman–Crippen MR) is 73.0 cm³/mol. The molecule has 0 spiro atoms. The van der Waals surface area contributed by atoms with Crippen LogP contribution in [0.15, 0.2) is 30.3 Å². The number of hydrazine groups is 1. The topological polar surface area (TPSA) is 56.5 Å². The molecule has 0 aromatic heterocycles. The molecule has 0 saturated carbocycles. The smallest absolute Gasteiger partial charge is 0.101 e. The molecule has 18 heavy (non-hydrogen) atoms. The zero-order valence-corrected chi connectivity index (χ0v) is 11.3. The molecule has 2 atom stereocenters. The van der Waals surface area contributed by atoms with E-state index in [1.807, 2.05) is 37.3 Å². The van der Waals surface area contributed by atoms with Gasteiger partial charge in [0.25, 0.3) is 0 Å². The third-order valence-corrected chi connectivity index (χ3v) is 2.70. The van der Waals surface area contributed by atoms with Gasteiger partial charge in [0.2, 0.25) is 0 Å². The van der Waals surface area contributed by atoms with E-state index in [0.717, 1.165) is 18.6 Å². The minimum atomic E-state index is -0.0851. The molecule has 0 heterocycles. The fraction of sp³-hybridized carbons (Fsp3) is 0.571. The molecule has 0 aliphatic rings. The van der Waals surface area contributed by atoms with Crippen molar-refractivity contribution in [2.24, 2.45) is 5.84 Å². The first kappa shape index (κ1) is 15.1. The van der Waals surface area contributed by atoms with E-state index in [2.05, 4.69) is 12.3 Å². The molecular weight excluding hydrogens is 228 g/mol. The van der Waals surface area contributed by atoms with Crippen molar-refractivity contribution in [3.63, 3.8) is 0 Å². The lowest BCUT2D eigenvalue weighted by Crippen LogP contribution is -2.44. The summed E-state index contributed by atoms with van der Waals surface area (Å²) in [5, 5.41) is 0. The average Bonchev–Trinajstić information content (AvgIpc) is 2.43. The van der Waals surface area contributed by atoms with E-state index in [1.165, 1.54) is 0 Å². The van der Waals surface area contributed by atoms with E-state index < -0.39 is 0 Å². The van der Waals surface area contributed by atoms with Gasteiger partial charge in [-0.15, -0.1) is 0 Å². The maximum Gasteiger partial charge on any atom is 0.101 e. The van der Waals surface area contributed by atoms with E-state index in [4.69, 9.17) is 15.3 Å². The molecule has 102 valence electrons. The van der Waals surface area contributed by atoms with Crippen molar-refractivity contribution in [1.82, 2.24) is 5.43 Å². The quantitative estimate of drug-likeness (QED) is 0.401. The van der Waals surface area contributed by atoms with E-state index in [0.29, 0.717) is 13.2 Å². The maximum atomic E-state index is 5.79. The number of hydrogen-bond acceptors (Lipinski definition) is 4. The van der Waals surface area contributed by atoms with Gasteiger partial charge in [-0.25, -0.2) is 0 Å². The average molecular weight is 252 g/mol. The minimum Gasteiger partial charge on any atom is -0.380 e. The van der Waals surface area contributed by atoms with Crippen LogP contribution in [0.2, 0.25) is 0 Å². The summed E-state index contributed by atoms with van der Waals surface area (Å²) < 4.78 is 11.4. The Labute approximate surface area is 109 Å². The first-order valence-corrected chi connectivity index (χ1v) is 6.53. The fourth-order valence-corrected chi connectivity index (χ4v) is 1.84. The first-order chi connectivity index (χ1) is 8.83. The fourth-order valence-electron chi connectivity index (χ4n) is 1.84. The molecule has 0 aliphatic carbocycles. The normalized spacial score (nSPS) is 14.4. The Morgan fingerprint density at radius 2 is 1.94 bits per heavy atom. The monoisotopic (exact) mass is 252 g/mol. The molecule has 2 unspecified atom stereocenters. The molecule has 0 bridgehead atoms. The highest BCUT2D eigenvalue weighted by molar-refractivity contribution is 5.19. The van der Waals surface area contributed by atoms with Gasteiger partial charge in [-0.2, -0.15) is 0 Å². The Bertz CT molecular complexity index is 306. The van der Waals surface area contributed by atoms with Gasteiger partial charge in [-0.1, -0.05) is 37.3 Å². The third-order valence-electron chi connectivity index (χ3n) is 2.70. The Hall–Kier alpha value is -0.940. The Kier molecular flexibility index (Phi) is 7.60. The van der Waals surface area contributed by atoms with E-state index in [1.54, 1.807) is 0 Å². The predicted octanol–water partition coefficient (Wildman–Crippen LogP) is 2.02. The van der Waals surface area contributed by atoms with Gasteiger partial charge in [0, 0.05) is 13.2 Å². The number of rotatable bonds is 9.